The molecule has 228 valence electrons. The SMILES string of the molecule is C1COCCOCCOCCOCCOCCO1.CC[NH3+].O=S(=O)([N-]S(=O)(=O)c1ccccc1)c1ccccc1. The molecule has 14 heteroatoms. The van der Waals surface area contributed by atoms with Crippen molar-refractivity contribution in [2.45, 2.75) is 16.7 Å². The number of rotatable bonds is 4. The Morgan fingerprint density at radius 1 is 0.525 bits per heavy atom. The molecule has 0 aliphatic carbocycles. The fourth-order valence-corrected chi connectivity index (χ4v) is 5.44. The topological polar surface area (TPSA) is 165 Å². The lowest BCUT2D eigenvalue weighted by Crippen LogP contribution is -2.48. The van der Waals surface area contributed by atoms with E-state index in [1.165, 1.54) is 48.5 Å². The van der Waals surface area contributed by atoms with Crippen LogP contribution in [0.15, 0.2) is 70.5 Å². The Morgan fingerprint density at radius 3 is 0.925 bits per heavy atom. The Bertz CT molecular complexity index is 931. The van der Waals surface area contributed by atoms with E-state index in [2.05, 4.69) is 9.86 Å². The number of benzene rings is 2. The quantitative estimate of drug-likeness (QED) is 0.539. The number of hydrogen-bond acceptors (Lipinski definition) is 10. The molecule has 1 saturated heterocycles. The molecule has 1 fully saturated rings. The van der Waals surface area contributed by atoms with Crippen molar-refractivity contribution in [1.29, 1.82) is 0 Å². The Hall–Kier alpha value is -1.98. The summed E-state index contributed by atoms with van der Waals surface area (Å²) in [6, 6.07) is 14.4. The molecule has 1 heterocycles. The second kappa shape index (κ2) is 22.7. The fraction of sp³-hybridized carbons (Fsp3) is 0.538. The summed E-state index contributed by atoms with van der Waals surface area (Å²) in [6.45, 7) is 10.0. The first-order valence-corrected chi connectivity index (χ1v) is 15.8. The summed E-state index contributed by atoms with van der Waals surface area (Å²) in [4.78, 5) is -0.316. The molecule has 0 unspecified atom stereocenters. The van der Waals surface area contributed by atoms with Crippen molar-refractivity contribution in [2.24, 2.45) is 0 Å². The number of ether oxygens (including phenoxy) is 6. The van der Waals surface area contributed by atoms with Crippen molar-refractivity contribution in [3.8, 4) is 0 Å². The molecule has 40 heavy (non-hydrogen) atoms. The molecule has 0 atom stereocenters. The van der Waals surface area contributed by atoms with Gasteiger partial charge in [0.2, 0.25) is 0 Å². The average Bonchev–Trinajstić information content (AvgIpc) is 2.94. The Kier molecular flexibility index (Phi) is 20.4. The second-order valence-corrected chi connectivity index (χ2v) is 11.3. The molecule has 1 aliphatic heterocycles. The van der Waals surface area contributed by atoms with Crippen LogP contribution in [0, 0.1) is 0 Å². The summed E-state index contributed by atoms with van der Waals surface area (Å²) in [6.07, 6.45) is 0. The standard InChI is InChI=1S/C12H10NO4S2.C12H24O6.C2H7N/c14-18(15,11-7-3-1-4-8-11)13-19(16,17)12-9-5-2-6-10-12;1-2-14-5-6-16-9-10-18-12-11-17-8-7-15-4-3-13-1;1-2-3/h1-10H;1-12H2;2-3H2,1H3/q-1;;/p+1. The normalized spacial score (nSPS) is 17.1. The molecular weight excluding hydrogens is 564 g/mol. The van der Waals surface area contributed by atoms with Crippen molar-refractivity contribution in [1.82, 2.24) is 0 Å². The van der Waals surface area contributed by atoms with E-state index < -0.39 is 20.0 Å². The molecule has 0 saturated carbocycles. The van der Waals surface area contributed by atoms with Crippen molar-refractivity contribution in [3.05, 3.63) is 64.8 Å². The number of quaternary nitrogens is 1. The lowest BCUT2D eigenvalue weighted by atomic mass is 10.4. The van der Waals surface area contributed by atoms with E-state index in [-0.39, 0.29) is 9.79 Å². The lowest BCUT2D eigenvalue weighted by Gasteiger charge is -2.20. The van der Waals surface area contributed by atoms with Gasteiger partial charge in [0.15, 0.2) is 0 Å². The molecule has 0 aromatic heterocycles. The summed E-state index contributed by atoms with van der Waals surface area (Å²) in [5, 5.41) is 0. The summed E-state index contributed by atoms with van der Waals surface area (Å²) < 4.78 is 82.5. The predicted molar refractivity (Wildman–Crippen MR) is 149 cm³/mol. The Balaban J connectivity index is 0.000000365. The molecule has 0 spiro atoms. The zero-order valence-electron chi connectivity index (χ0n) is 23.0. The van der Waals surface area contributed by atoms with E-state index >= 15 is 0 Å². The van der Waals surface area contributed by atoms with E-state index in [0.29, 0.717) is 79.3 Å². The van der Waals surface area contributed by atoms with Crippen LogP contribution in [0.5, 0.6) is 0 Å². The molecule has 3 N–H and O–H groups in total. The minimum Gasteiger partial charge on any atom is -0.428 e. The fourth-order valence-electron chi connectivity index (χ4n) is 2.72. The van der Waals surface area contributed by atoms with Crippen LogP contribution in [0.1, 0.15) is 6.92 Å². The van der Waals surface area contributed by atoms with Gasteiger partial charge in [-0.05, 0) is 31.2 Å². The third kappa shape index (κ3) is 17.7. The third-order valence-electron chi connectivity index (χ3n) is 4.51. The molecule has 0 radical (unpaired) electrons. The highest BCUT2D eigenvalue weighted by atomic mass is 32.3. The molecule has 12 nitrogen and oxygen atoms in total. The summed E-state index contributed by atoms with van der Waals surface area (Å²) in [5.41, 5.74) is 3.49. The lowest BCUT2D eigenvalue weighted by molar-refractivity contribution is -0.361. The van der Waals surface area contributed by atoms with Gasteiger partial charge in [-0.2, -0.15) is 0 Å². The van der Waals surface area contributed by atoms with Gasteiger partial charge in [-0.15, -0.1) is 0 Å². The Morgan fingerprint density at radius 2 is 0.725 bits per heavy atom. The largest absolute Gasteiger partial charge is 0.428 e. The van der Waals surface area contributed by atoms with Gasteiger partial charge in [0.05, 0.1) is 85.8 Å². The summed E-state index contributed by atoms with van der Waals surface area (Å²) in [5.74, 6) is 0. The van der Waals surface area contributed by atoms with Gasteiger partial charge >= 0.3 is 0 Å². The predicted octanol–water partition coefficient (Wildman–Crippen LogP) is 1.49. The van der Waals surface area contributed by atoms with Gasteiger partial charge in [0.25, 0.3) is 0 Å². The molecular formula is C26H42N2O10S2. The first-order valence-electron chi connectivity index (χ1n) is 12.9. The highest BCUT2D eigenvalue weighted by Crippen LogP contribution is 2.25. The summed E-state index contributed by atoms with van der Waals surface area (Å²) >= 11 is 0. The average molecular weight is 607 g/mol. The van der Waals surface area contributed by atoms with Crippen LogP contribution in [-0.2, 0) is 48.5 Å². The first kappa shape index (κ1) is 36.0. The maximum atomic E-state index is 11.9. The summed E-state index contributed by atoms with van der Waals surface area (Å²) in [7, 11) is -8.46. The van der Waals surface area contributed by atoms with Gasteiger partial charge in [-0.3, -0.25) is 0 Å². The van der Waals surface area contributed by atoms with E-state index in [1.807, 2.05) is 6.92 Å². The zero-order chi connectivity index (χ0) is 29.4. The van der Waals surface area contributed by atoms with Gasteiger partial charge in [-0.25, -0.2) is 16.8 Å². The molecule has 2 aromatic carbocycles. The van der Waals surface area contributed by atoms with Crippen LogP contribution >= 0.6 is 0 Å². The third-order valence-corrected chi connectivity index (χ3v) is 7.82. The maximum Gasteiger partial charge on any atom is 0.112 e. The number of nitrogens with zero attached hydrogens (tertiary/aromatic N) is 1. The second-order valence-electron chi connectivity index (χ2n) is 7.83. The van der Waals surface area contributed by atoms with Gasteiger partial charge < -0.3 is 38.3 Å². The molecule has 0 bridgehead atoms. The van der Waals surface area contributed by atoms with E-state index in [1.54, 1.807) is 12.1 Å². The van der Waals surface area contributed by atoms with Crippen molar-refractivity contribution in [2.75, 3.05) is 85.8 Å². The first-order chi connectivity index (χ1) is 19.3. The van der Waals surface area contributed by atoms with Crippen LogP contribution in [0.4, 0.5) is 0 Å². The zero-order valence-corrected chi connectivity index (χ0v) is 24.7. The van der Waals surface area contributed by atoms with Crippen molar-refractivity contribution in [3.63, 3.8) is 0 Å². The van der Waals surface area contributed by atoms with Crippen molar-refractivity contribution < 1.29 is 51.0 Å². The molecule has 1 aliphatic rings. The minimum atomic E-state index is -4.23. The smallest absolute Gasteiger partial charge is 0.112 e. The minimum absolute atomic E-state index is 0.158. The van der Waals surface area contributed by atoms with Crippen LogP contribution < -0.4 is 5.73 Å². The molecule has 2 aromatic rings. The van der Waals surface area contributed by atoms with Crippen LogP contribution in [0.25, 0.3) is 4.13 Å². The van der Waals surface area contributed by atoms with Gasteiger partial charge in [0, 0.05) is 9.79 Å². The number of hydrogen-bond donors (Lipinski definition) is 1. The van der Waals surface area contributed by atoms with E-state index in [0.717, 1.165) is 6.54 Å². The Labute approximate surface area is 238 Å². The maximum absolute atomic E-state index is 11.9. The van der Waals surface area contributed by atoms with Crippen LogP contribution in [0.3, 0.4) is 0 Å². The van der Waals surface area contributed by atoms with Crippen molar-refractivity contribution >= 4 is 20.0 Å². The molecule has 3 rings (SSSR count). The van der Waals surface area contributed by atoms with Gasteiger partial charge in [-0.1, -0.05) is 36.4 Å². The van der Waals surface area contributed by atoms with E-state index in [4.69, 9.17) is 28.4 Å². The number of sulfonamides is 2. The van der Waals surface area contributed by atoms with Crippen LogP contribution in [-0.4, -0.2) is 103 Å². The molecule has 0 amide bonds. The van der Waals surface area contributed by atoms with Gasteiger partial charge in [0.1, 0.15) is 20.0 Å². The van der Waals surface area contributed by atoms with E-state index in [9.17, 15) is 16.8 Å². The highest BCUT2D eigenvalue weighted by molar-refractivity contribution is 8.12. The highest BCUT2D eigenvalue weighted by Gasteiger charge is 2.12. The monoisotopic (exact) mass is 606 g/mol. The van der Waals surface area contributed by atoms with Crippen LogP contribution in [0.2, 0.25) is 0 Å².